The number of amides is 2. The third kappa shape index (κ3) is 3.41. The smallest absolute Gasteiger partial charge is 0.262 e. The number of carbonyl (C=O) groups is 2. The highest BCUT2D eigenvalue weighted by Gasteiger charge is 2.34. The summed E-state index contributed by atoms with van der Waals surface area (Å²) >= 11 is 3.05. The predicted octanol–water partition coefficient (Wildman–Crippen LogP) is 2.64. The van der Waals surface area contributed by atoms with Crippen LogP contribution >= 0.6 is 23.1 Å². The Bertz CT molecular complexity index is 1190. The van der Waals surface area contributed by atoms with Gasteiger partial charge in [-0.25, -0.2) is 9.99 Å². The molecule has 1 unspecified atom stereocenters. The second kappa shape index (κ2) is 7.88. The van der Waals surface area contributed by atoms with Crippen LogP contribution in [0.2, 0.25) is 0 Å². The molecule has 30 heavy (non-hydrogen) atoms. The van der Waals surface area contributed by atoms with Crippen LogP contribution in [0.5, 0.6) is 0 Å². The predicted molar refractivity (Wildman–Crippen MR) is 117 cm³/mol. The van der Waals surface area contributed by atoms with E-state index < -0.39 is 5.91 Å². The normalized spacial score (nSPS) is 18.6. The summed E-state index contributed by atoms with van der Waals surface area (Å²) < 4.78 is 1.34. The van der Waals surface area contributed by atoms with Crippen molar-refractivity contribution >= 4 is 45.1 Å². The number of aryl methyl sites for hydroxylation is 2. The van der Waals surface area contributed by atoms with Gasteiger partial charge in [0.15, 0.2) is 0 Å². The maximum Gasteiger partial charge on any atom is 0.262 e. The molecule has 2 amide bonds. The first-order valence-electron chi connectivity index (χ1n) is 9.89. The number of hydrazine groups is 1. The van der Waals surface area contributed by atoms with Gasteiger partial charge in [-0.05, 0) is 36.8 Å². The van der Waals surface area contributed by atoms with E-state index in [9.17, 15) is 14.4 Å². The summed E-state index contributed by atoms with van der Waals surface area (Å²) in [6.07, 6.45) is 5.53. The Morgan fingerprint density at radius 3 is 2.80 bits per heavy atom. The Balaban J connectivity index is 1.37. The summed E-state index contributed by atoms with van der Waals surface area (Å²) in [7, 11) is 0. The molecule has 1 atom stereocenters. The zero-order chi connectivity index (χ0) is 20.7. The fraction of sp³-hybridized carbons (Fsp3) is 0.333. The maximum absolute atomic E-state index is 13.0. The van der Waals surface area contributed by atoms with Crippen LogP contribution in [-0.2, 0) is 29.0 Å². The highest BCUT2D eigenvalue weighted by Crippen LogP contribution is 2.37. The number of thiophene rings is 1. The van der Waals surface area contributed by atoms with Crippen LogP contribution in [0.4, 0.5) is 0 Å². The van der Waals surface area contributed by atoms with Crippen molar-refractivity contribution in [3.05, 3.63) is 63.0 Å². The molecule has 1 N–H and O–H groups in total. The quantitative estimate of drug-likeness (QED) is 0.674. The molecule has 0 spiro atoms. The van der Waals surface area contributed by atoms with Gasteiger partial charge in [0.05, 0.1) is 17.5 Å². The number of nitrogens with zero attached hydrogens (tertiary/aromatic N) is 3. The molecule has 7 nitrogen and oxygen atoms in total. The van der Waals surface area contributed by atoms with Gasteiger partial charge in [-0.3, -0.25) is 24.4 Å². The highest BCUT2D eigenvalue weighted by molar-refractivity contribution is 8.00. The SMILES string of the molecule is O=C(Cn1cnc2sc3c(c2c1=O)CCCC3)NN1C(=O)CSC1c1ccccc1. The lowest BCUT2D eigenvalue weighted by molar-refractivity contribution is -0.139. The average molecular weight is 441 g/mol. The molecule has 1 aliphatic heterocycles. The molecule has 1 aromatic carbocycles. The molecular formula is C21H20N4O3S2. The van der Waals surface area contributed by atoms with E-state index in [0.29, 0.717) is 11.1 Å². The molecule has 0 saturated carbocycles. The van der Waals surface area contributed by atoms with Gasteiger partial charge in [0.25, 0.3) is 17.4 Å². The number of benzene rings is 1. The van der Waals surface area contributed by atoms with Gasteiger partial charge in [-0.15, -0.1) is 23.1 Å². The Morgan fingerprint density at radius 2 is 1.97 bits per heavy atom. The number of fused-ring (bicyclic) bond motifs is 3. The lowest BCUT2D eigenvalue weighted by Gasteiger charge is -2.24. The van der Waals surface area contributed by atoms with Crippen LogP contribution < -0.4 is 11.0 Å². The van der Waals surface area contributed by atoms with E-state index in [1.807, 2.05) is 30.3 Å². The molecule has 1 saturated heterocycles. The van der Waals surface area contributed by atoms with Gasteiger partial charge in [0, 0.05) is 4.88 Å². The minimum absolute atomic E-state index is 0.157. The van der Waals surface area contributed by atoms with Crippen LogP contribution in [0.3, 0.4) is 0 Å². The molecule has 0 radical (unpaired) electrons. The largest absolute Gasteiger partial charge is 0.289 e. The first kappa shape index (κ1) is 19.3. The number of thioether (sulfide) groups is 1. The molecule has 5 rings (SSSR count). The summed E-state index contributed by atoms with van der Waals surface area (Å²) in [4.78, 5) is 44.5. The molecule has 3 aromatic rings. The minimum Gasteiger partial charge on any atom is -0.289 e. The standard InChI is InChI=1S/C21H20N4O3S2/c26-16(23-25-17(27)11-29-21(25)13-6-2-1-3-7-13)10-24-12-22-19-18(20(24)28)14-8-4-5-9-15(14)30-19/h1-3,6-7,12,21H,4-5,8-11H2,(H,23,26). The summed E-state index contributed by atoms with van der Waals surface area (Å²) in [6, 6.07) is 9.57. The van der Waals surface area contributed by atoms with Crippen LogP contribution in [0.25, 0.3) is 10.2 Å². The number of hydrogen-bond acceptors (Lipinski definition) is 6. The molecular weight excluding hydrogens is 420 g/mol. The van der Waals surface area contributed by atoms with Crippen LogP contribution in [0, 0.1) is 0 Å². The Kier molecular flexibility index (Phi) is 5.08. The highest BCUT2D eigenvalue weighted by atomic mass is 32.2. The van der Waals surface area contributed by atoms with E-state index in [0.717, 1.165) is 41.6 Å². The molecule has 2 aliphatic rings. The monoisotopic (exact) mass is 440 g/mol. The summed E-state index contributed by atoms with van der Waals surface area (Å²) in [5, 5.41) is 1.75. The summed E-state index contributed by atoms with van der Waals surface area (Å²) in [5.41, 5.74) is 4.56. The first-order chi connectivity index (χ1) is 14.6. The van der Waals surface area contributed by atoms with Crippen molar-refractivity contribution in [1.29, 1.82) is 0 Å². The molecule has 9 heteroatoms. The topological polar surface area (TPSA) is 84.3 Å². The number of carbonyl (C=O) groups excluding carboxylic acids is 2. The van der Waals surface area contributed by atoms with Crippen molar-refractivity contribution in [3.63, 3.8) is 0 Å². The minimum atomic E-state index is -0.417. The fourth-order valence-corrected chi connectivity index (χ4v) is 6.36. The molecule has 154 valence electrons. The van der Waals surface area contributed by atoms with Gasteiger partial charge in [-0.2, -0.15) is 0 Å². The Labute approximate surface area is 181 Å². The average Bonchev–Trinajstić information content (AvgIpc) is 3.32. The number of nitrogens with one attached hydrogen (secondary N) is 1. The zero-order valence-electron chi connectivity index (χ0n) is 16.2. The van der Waals surface area contributed by atoms with Crippen LogP contribution in [-0.4, -0.2) is 32.1 Å². The van der Waals surface area contributed by atoms with Crippen molar-refractivity contribution in [1.82, 2.24) is 20.0 Å². The zero-order valence-corrected chi connectivity index (χ0v) is 17.8. The van der Waals surface area contributed by atoms with E-state index in [-0.39, 0.29) is 23.4 Å². The second-order valence-corrected chi connectivity index (χ2v) is 9.59. The Hall–Kier alpha value is -2.65. The number of rotatable bonds is 4. The number of aromatic nitrogens is 2. The summed E-state index contributed by atoms with van der Waals surface area (Å²) in [5.74, 6) is -0.275. The molecule has 2 aromatic heterocycles. The second-order valence-electron chi connectivity index (χ2n) is 7.44. The molecule has 3 heterocycles. The van der Waals surface area contributed by atoms with E-state index in [1.165, 1.54) is 32.5 Å². The van der Waals surface area contributed by atoms with Crippen LogP contribution in [0.1, 0.15) is 34.2 Å². The van der Waals surface area contributed by atoms with Gasteiger partial charge in [-0.1, -0.05) is 30.3 Å². The van der Waals surface area contributed by atoms with Gasteiger partial charge < -0.3 is 0 Å². The molecule has 0 bridgehead atoms. The maximum atomic E-state index is 13.0. The lowest BCUT2D eigenvalue weighted by Crippen LogP contribution is -2.46. The van der Waals surface area contributed by atoms with Gasteiger partial charge in [0.1, 0.15) is 16.7 Å². The molecule has 1 aliphatic carbocycles. The van der Waals surface area contributed by atoms with E-state index in [2.05, 4.69) is 10.4 Å². The van der Waals surface area contributed by atoms with Crippen molar-refractivity contribution in [3.8, 4) is 0 Å². The van der Waals surface area contributed by atoms with Gasteiger partial charge >= 0.3 is 0 Å². The van der Waals surface area contributed by atoms with Crippen molar-refractivity contribution in [2.24, 2.45) is 0 Å². The lowest BCUT2D eigenvalue weighted by atomic mass is 9.97. The third-order valence-corrected chi connectivity index (χ3v) is 7.87. The molecule has 1 fully saturated rings. The van der Waals surface area contributed by atoms with E-state index in [1.54, 1.807) is 11.3 Å². The first-order valence-corrected chi connectivity index (χ1v) is 11.8. The van der Waals surface area contributed by atoms with E-state index in [4.69, 9.17) is 0 Å². The fourth-order valence-electron chi connectivity index (χ4n) is 4.03. The van der Waals surface area contributed by atoms with Crippen LogP contribution in [0.15, 0.2) is 41.5 Å². The summed E-state index contributed by atoms with van der Waals surface area (Å²) in [6.45, 7) is -0.178. The number of hydrogen-bond donors (Lipinski definition) is 1. The van der Waals surface area contributed by atoms with E-state index >= 15 is 0 Å². The van der Waals surface area contributed by atoms with Crippen molar-refractivity contribution in [2.45, 2.75) is 37.6 Å². The van der Waals surface area contributed by atoms with Crippen molar-refractivity contribution < 1.29 is 9.59 Å². The van der Waals surface area contributed by atoms with Gasteiger partial charge in [0.2, 0.25) is 0 Å². The Morgan fingerprint density at radius 1 is 1.17 bits per heavy atom. The third-order valence-electron chi connectivity index (χ3n) is 5.45. The van der Waals surface area contributed by atoms with Crippen molar-refractivity contribution in [2.75, 3.05) is 5.75 Å².